The fourth-order valence-corrected chi connectivity index (χ4v) is 2.47. The molecule has 0 aliphatic heterocycles. The van der Waals surface area contributed by atoms with E-state index in [4.69, 9.17) is 9.26 Å². The number of aryl methyl sites for hydroxylation is 1. The zero-order chi connectivity index (χ0) is 17.6. The van der Waals surface area contributed by atoms with Crippen LogP contribution in [0.4, 0.5) is 5.69 Å². The molecule has 1 aromatic heterocycles. The fraction of sp³-hybridized carbons (Fsp3) is 0.211. The molecule has 0 unspecified atom stereocenters. The lowest BCUT2D eigenvalue weighted by Gasteiger charge is -2.08. The average molecular weight is 337 g/mol. The highest BCUT2D eigenvalue weighted by atomic mass is 16.5. The van der Waals surface area contributed by atoms with E-state index in [-0.39, 0.29) is 18.2 Å². The predicted octanol–water partition coefficient (Wildman–Crippen LogP) is 3.49. The number of anilines is 1. The topological polar surface area (TPSA) is 77.2 Å². The largest absolute Gasteiger partial charge is 0.497 e. The summed E-state index contributed by atoms with van der Waals surface area (Å²) in [6.45, 7) is 2.05. The van der Waals surface area contributed by atoms with Gasteiger partial charge in [0.1, 0.15) is 12.2 Å². The number of ether oxygens (including phenoxy) is 1. The number of rotatable bonds is 6. The van der Waals surface area contributed by atoms with Gasteiger partial charge in [0.25, 0.3) is 0 Å². The van der Waals surface area contributed by atoms with Crippen molar-refractivity contribution in [1.29, 1.82) is 0 Å². The van der Waals surface area contributed by atoms with Gasteiger partial charge in [-0.3, -0.25) is 4.79 Å². The number of benzene rings is 2. The third kappa shape index (κ3) is 4.03. The first-order valence-corrected chi connectivity index (χ1v) is 8.04. The summed E-state index contributed by atoms with van der Waals surface area (Å²) in [4.78, 5) is 16.5. The Morgan fingerprint density at radius 1 is 1.16 bits per heavy atom. The van der Waals surface area contributed by atoms with Crippen LogP contribution in [0, 0.1) is 0 Å². The number of hydrogen-bond donors (Lipinski definition) is 1. The molecule has 0 bridgehead atoms. The molecule has 0 aliphatic rings. The Labute approximate surface area is 145 Å². The van der Waals surface area contributed by atoms with E-state index in [1.165, 1.54) is 0 Å². The van der Waals surface area contributed by atoms with Gasteiger partial charge in [-0.25, -0.2) is 0 Å². The molecule has 25 heavy (non-hydrogen) atoms. The summed E-state index contributed by atoms with van der Waals surface area (Å²) in [5.74, 6) is 1.28. The molecular formula is C19H19N3O3. The van der Waals surface area contributed by atoms with Crippen molar-refractivity contribution in [3.05, 3.63) is 60.0 Å². The van der Waals surface area contributed by atoms with Gasteiger partial charge < -0.3 is 14.6 Å². The van der Waals surface area contributed by atoms with Crippen molar-refractivity contribution in [3.8, 4) is 17.1 Å². The number of para-hydroxylation sites is 1. The molecule has 1 heterocycles. The van der Waals surface area contributed by atoms with Crippen LogP contribution in [0.25, 0.3) is 11.4 Å². The van der Waals surface area contributed by atoms with E-state index in [2.05, 4.69) is 15.5 Å². The Bertz CT molecular complexity index is 856. The molecule has 1 amide bonds. The van der Waals surface area contributed by atoms with Gasteiger partial charge in [0, 0.05) is 11.3 Å². The van der Waals surface area contributed by atoms with E-state index in [0.717, 1.165) is 29.0 Å². The molecule has 128 valence electrons. The number of hydrogen-bond acceptors (Lipinski definition) is 5. The van der Waals surface area contributed by atoms with Crippen LogP contribution >= 0.6 is 0 Å². The number of nitrogens with one attached hydrogen (secondary N) is 1. The molecule has 2 aromatic carbocycles. The second-order valence-corrected chi connectivity index (χ2v) is 5.48. The summed E-state index contributed by atoms with van der Waals surface area (Å²) in [5, 5.41) is 6.82. The van der Waals surface area contributed by atoms with Crippen LogP contribution in [-0.4, -0.2) is 23.2 Å². The molecule has 3 rings (SSSR count). The van der Waals surface area contributed by atoms with Gasteiger partial charge in [0.05, 0.1) is 7.11 Å². The molecule has 0 saturated carbocycles. The molecule has 0 saturated heterocycles. The van der Waals surface area contributed by atoms with Gasteiger partial charge in [0.2, 0.25) is 17.6 Å². The van der Waals surface area contributed by atoms with Gasteiger partial charge in [-0.1, -0.05) is 30.3 Å². The normalized spacial score (nSPS) is 10.5. The molecule has 0 fully saturated rings. The van der Waals surface area contributed by atoms with Gasteiger partial charge in [-0.05, 0) is 42.3 Å². The third-order valence-corrected chi connectivity index (χ3v) is 3.80. The van der Waals surface area contributed by atoms with E-state index < -0.39 is 0 Å². The lowest BCUT2D eigenvalue weighted by molar-refractivity contribution is -0.115. The molecule has 6 nitrogen and oxygen atoms in total. The highest BCUT2D eigenvalue weighted by Gasteiger charge is 2.13. The van der Waals surface area contributed by atoms with E-state index in [9.17, 15) is 4.79 Å². The van der Waals surface area contributed by atoms with Crippen molar-refractivity contribution in [2.75, 3.05) is 12.4 Å². The Morgan fingerprint density at radius 3 is 2.64 bits per heavy atom. The zero-order valence-corrected chi connectivity index (χ0v) is 14.2. The summed E-state index contributed by atoms with van der Waals surface area (Å²) < 4.78 is 10.3. The smallest absolute Gasteiger partial charge is 0.236 e. The summed E-state index contributed by atoms with van der Waals surface area (Å²) in [6, 6.07) is 15.0. The quantitative estimate of drug-likeness (QED) is 0.745. The second kappa shape index (κ2) is 7.61. The lowest BCUT2D eigenvalue weighted by atomic mass is 10.1. The molecule has 0 radical (unpaired) electrons. The van der Waals surface area contributed by atoms with Gasteiger partial charge >= 0.3 is 0 Å². The van der Waals surface area contributed by atoms with Crippen molar-refractivity contribution in [3.63, 3.8) is 0 Å². The first-order chi connectivity index (χ1) is 12.2. The van der Waals surface area contributed by atoms with Crippen molar-refractivity contribution < 1.29 is 14.1 Å². The zero-order valence-electron chi connectivity index (χ0n) is 14.2. The van der Waals surface area contributed by atoms with Gasteiger partial charge in [-0.2, -0.15) is 4.98 Å². The van der Waals surface area contributed by atoms with Crippen LogP contribution in [0.5, 0.6) is 5.75 Å². The minimum atomic E-state index is -0.189. The summed E-state index contributed by atoms with van der Waals surface area (Å²) in [7, 11) is 1.61. The molecule has 6 heteroatoms. The Balaban J connectivity index is 1.67. The third-order valence-electron chi connectivity index (χ3n) is 3.80. The standard InChI is InChI=1S/C19H19N3O3/c1-3-13-6-4-5-7-16(13)20-17(23)12-18-21-19(22-25-18)14-8-10-15(24-2)11-9-14/h4-11H,3,12H2,1-2H3,(H,20,23). The second-order valence-electron chi connectivity index (χ2n) is 5.48. The van der Waals surface area contributed by atoms with Crippen molar-refractivity contribution >= 4 is 11.6 Å². The monoisotopic (exact) mass is 337 g/mol. The first kappa shape index (κ1) is 16.7. The lowest BCUT2D eigenvalue weighted by Crippen LogP contribution is -2.15. The van der Waals surface area contributed by atoms with Crippen molar-refractivity contribution in [2.45, 2.75) is 19.8 Å². The van der Waals surface area contributed by atoms with Crippen LogP contribution in [0.2, 0.25) is 0 Å². The van der Waals surface area contributed by atoms with E-state index >= 15 is 0 Å². The van der Waals surface area contributed by atoms with Crippen molar-refractivity contribution in [1.82, 2.24) is 10.1 Å². The van der Waals surface area contributed by atoms with Crippen LogP contribution < -0.4 is 10.1 Å². The molecule has 0 aliphatic carbocycles. The number of nitrogens with zero attached hydrogens (tertiary/aromatic N) is 2. The highest BCUT2D eigenvalue weighted by Crippen LogP contribution is 2.20. The maximum atomic E-state index is 12.2. The first-order valence-electron chi connectivity index (χ1n) is 8.04. The van der Waals surface area contributed by atoms with E-state index in [1.54, 1.807) is 7.11 Å². The summed E-state index contributed by atoms with van der Waals surface area (Å²) >= 11 is 0. The summed E-state index contributed by atoms with van der Waals surface area (Å²) in [6.07, 6.45) is 0.875. The van der Waals surface area contributed by atoms with Crippen LogP contribution in [0.1, 0.15) is 18.4 Å². The van der Waals surface area contributed by atoms with E-state index in [0.29, 0.717) is 5.82 Å². The predicted molar refractivity (Wildman–Crippen MR) is 94.4 cm³/mol. The average Bonchev–Trinajstić information content (AvgIpc) is 3.10. The van der Waals surface area contributed by atoms with Crippen LogP contribution in [-0.2, 0) is 17.6 Å². The SMILES string of the molecule is CCc1ccccc1NC(=O)Cc1nc(-c2ccc(OC)cc2)no1. The highest BCUT2D eigenvalue weighted by molar-refractivity contribution is 5.92. The Kier molecular flexibility index (Phi) is 5.09. The number of carbonyl (C=O) groups is 1. The van der Waals surface area contributed by atoms with Crippen LogP contribution in [0.15, 0.2) is 53.1 Å². The number of methoxy groups -OCH3 is 1. The molecular weight excluding hydrogens is 318 g/mol. The molecule has 0 spiro atoms. The van der Waals surface area contributed by atoms with Gasteiger partial charge in [0.15, 0.2) is 0 Å². The van der Waals surface area contributed by atoms with E-state index in [1.807, 2.05) is 55.5 Å². The minimum Gasteiger partial charge on any atom is -0.497 e. The maximum Gasteiger partial charge on any atom is 0.236 e. The molecule has 3 aromatic rings. The number of carbonyl (C=O) groups excluding carboxylic acids is 1. The number of aromatic nitrogens is 2. The number of amides is 1. The summed E-state index contributed by atoms with van der Waals surface area (Å²) in [5.41, 5.74) is 2.69. The Hall–Kier alpha value is -3.15. The van der Waals surface area contributed by atoms with Crippen molar-refractivity contribution in [2.24, 2.45) is 0 Å². The van der Waals surface area contributed by atoms with Crippen LogP contribution in [0.3, 0.4) is 0 Å². The maximum absolute atomic E-state index is 12.2. The Morgan fingerprint density at radius 2 is 1.92 bits per heavy atom. The molecule has 0 atom stereocenters. The fourth-order valence-electron chi connectivity index (χ4n) is 2.47. The minimum absolute atomic E-state index is 0.0290. The molecule has 1 N–H and O–H groups in total. The van der Waals surface area contributed by atoms with Gasteiger partial charge in [-0.15, -0.1) is 0 Å².